The van der Waals surface area contributed by atoms with Crippen LogP contribution in [0, 0.1) is 0 Å². The van der Waals surface area contributed by atoms with Gasteiger partial charge in [-0.1, -0.05) is 15.9 Å². The minimum atomic E-state index is -0.569. The first-order valence-electron chi connectivity index (χ1n) is 4.26. The Labute approximate surface area is 97.0 Å². The molecule has 0 aromatic heterocycles. The van der Waals surface area contributed by atoms with Gasteiger partial charge in [0.05, 0.1) is 13.2 Å². The number of rotatable bonds is 4. The van der Waals surface area contributed by atoms with Crippen molar-refractivity contribution < 1.29 is 9.84 Å². The van der Waals surface area contributed by atoms with Gasteiger partial charge in [0.15, 0.2) is 0 Å². The number of hydrogen-bond donors (Lipinski definition) is 1. The van der Waals surface area contributed by atoms with E-state index in [1.165, 1.54) is 0 Å². The maximum absolute atomic E-state index is 9.77. The quantitative estimate of drug-likeness (QED) is 0.858. The van der Waals surface area contributed by atoms with Gasteiger partial charge in [-0.2, -0.15) is 0 Å². The van der Waals surface area contributed by atoms with Crippen LogP contribution in [0.25, 0.3) is 0 Å². The topological polar surface area (TPSA) is 29.5 Å². The van der Waals surface area contributed by atoms with Crippen molar-refractivity contribution in [3.05, 3.63) is 28.2 Å². The second kappa shape index (κ2) is 5.59. The summed E-state index contributed by atoms with van der Waals surface area (Å²) in [6, 6.07) is 5.53. The second-order valence-corrected chi connectivity index (χ2v) is 4.17. The van der Waals surface area contributed by atoms with Crippen molar-refractivity contribution in [2.24, 2.45) is 0 Å². The molecule has 78 valence electrons. The Bertz CT molecular complexity index is 304. The van der Waals surface area contributed by atoms with Crippen LogP contribution in [0.4, 0.5) is 0 Å². The van der Waals surface area contributed by atoms with E-state index in [9.17, 15) is 5.11 Å². The van der Waals surface area contributed by atoms with Crippen molar-refractivity contribution in [2.75, 3.05) is 13.0 Å². The summed E-state index contributed by atoms with van der Waals surface area (Å²) in [5.74, 6) is 1.11. The summed E-state index contributed by atoms with van der Waals surface area (Å²) < 4.78 is 6.06. The third kappa shape index (κ3) is 2.87. The Morgan fingerprint density at radius 1 is 1.57 bits per heavy atom. The van der Waals surface area contributed by atoms with Crippen molar-refractivity contribution >= 4 is 27.5 Å². The monoisotopic (exact) mass is 278 g/mol. The highest BCUT2D eigenvalue weighted by Gasteiger charge is 2.12. The van der Waals surface area contributed by atoms with E-state index in [4.69, 9.17) is 16.3 Å². The lowest BCUT2D eigenvalue weighted by Crippen LogP contribution is -2.01. The summed E-state index contributed by atoms with van der Waals surface area (Å²) in [6.07, 6.45) is -0.0473. The fourth-order valence-corrected chi connectivity index (χ4v) is 1.81. The SMILES string of the molecule is COc1ccc(Br)cc1C(O)CCCl. The molecule has 1 N–H and O–H groups in total. The zero-order chi connectivity index (χ0) is 10.6. The van der Waals surface area contributed by atoms with Gasteiger partial charge in [0.2, 0.25) is 0 Å². The molecule has 0 spiro atoms. The third-order valence-corrected chi connectivity index (χ3v) is 2.64. The van der Waals surface area contributed by atoms with E-state index in [1.54, 1.807) is 7.11 Å². The second-order valence-electron chi connectivity index (χ2n) is 2.88. The van der Waals surface area contributed by atoms with Crippen LogP contribution < -0.4 is 4.74 Å². The van der Waals surface area contributed by atoms with Crippen LogP contribution in [0.15, 0.2) is 22.7 Å². The molecule has 1 rings (SSSR count). The molecule has 0 amide bonds. The van der Waals surface area contributed by atoms with E-state index in [0.29, 0.717) is 18.1 Å². The number of aliphatic hydroxyl groups is 1. The average Bonchev–Trinajstić information content (AvgIpc) is 2.18. The largest absolute Gasteiger partial charge is 0.496 e. The van der Waals surface area contributed by atoms with E-state index >= 15 is 0 Å². The van der Waals surface area contributed by atoms with E-state index in [-0.39, 0.29) is 0 Å². The molecule has 1 aromatic rings. The summed E-state index contributed by atoms with van der Waals surface area (Å²) in [7, 11) is 1.58. The molecule has 14 heavy (non-hydrogen) atoms. The summed E-state index contributed by atoms with van der Waals surface area (Å²) >= 11 is 8.91. The van der Waals surface area contributed by atoms with Crippen LogP contribution in [0.1, 0.15) is 18.1 Å². The Kier molecular flexibility index (Phi) is 4.72. The maximum atomic E-state index is 9.77. The van der Waals surface area contributed by atoms with E-state index < -0.39 is 6.10 Å². The Hall–Kier alpha value is -0.250. The molecular weight excluding hydrogens is 267 g/mol. The number of methoxy groups -OCH3 is 1. The zero-order valence-corrected chi connectivity index (χ0v) is 10.2. The van der Waals surface area contributed by atoms with Crippen LogP contribution in [-0.4, -0.2) is 18.1 Å². The molecule has 0 bridgehead atoms. The van der Waals surface area contributed by atoms with Crippen molar-refractivity contribution in [2.45, 2.75) is 12.5 Å². The van der Waals surface area contributed by atoms with Crippen LogP contribution in [0.5, 0.6) is 5.75 Å². The fraction of sp³-hybridized carbons (Fsp3) is 0.400. The number of alkyl halides is 1. The summed E-state index contributed by atoms with van der Waals surface area (Å²) in [5.41, 5.74) is 0.766. The summed E-state index contributed by atoms with van der Waals surface area (Å²) in [4.78, 5) is 0. The molecule has 0 aliphatic carbocycles. The van der Waals surface area contributed by atoms with Gasteiger partial charge >= 0.3 is 0 Å². The minimum absolute atomic E-state index is 0.427. The lowest BCUT2D eigenvalue weighted by atomic mass is 10.1. The molecule has 0 saturated carbocycles. The fourth-order valence-electron chi connectivity index (χ4n) is 1.22. The first-order valence-corrected chi connectivity index (χ1v) is 5.59. The van der Waals surface area contributed by atoms with Crippen molar-refractivity contribution in [1.82, 2.24) is 0 Å². The number of hydrogen-bond acceptors (Lipinski definition) is 2. The first kappa shape index (κ1) is 11.8. The molecule has 0 aliphatic rings. The van der Waals surface area contributed by atoms with E-state index in [2.05, 4.69) is 15.9 Å². The molecule has 0 saturated heterocycles. The molecular formula is C10H12BrClO2. The van der Waals surface area contributed by atoms with Crippen molar-refractivity contribution in [3.8, 4) is 5.75 Å². The maximum Gasteiger partial charge on any atom is 0.124 e. The van der Waals surface area contributed by atoms with E-state index in [0.717, 1.165) is 10.0 Å². The molecule has 4 heteroatoms. The highest BCUT2D eigenvalue weighted by molar-refractivity contribution is 9.10. The predicted molar refractivity (Wildman–Crippen MR) is 61.0 cm³/mol. The average molecular weight is 280 g/mol. The van der Waals surface area contributed by atoms with Crippen LogP contribution in [0.2, 0.25) is 0 Å². The highest BCUT2D eigenvalue weighted by atomic mass is 79.9. The van der Waals surface area contributed by atoms with Gasteiger partial charge in [0, 0.05) is 15.9 Å². The Morgan fingerprint density at radius 2 is 2.29 bits per heavy atom. The van der Waals surface area contributed by atoms with Gasteiger partial charge in [-0.15, -0.1) is 11.6 Å². The molecule has 1 aromatic carbocycles. The van der Waals surface area contributed by atoms with Crippen molar-refractivity contribution in [3.63, 3.8) is 0 Å². The molecule has 0 radical (unpaired) electrons. The normalized spacial score (nSPS) is 12.6. The Balaban J connectivity index is 2.97. The van der Waals surface area contributed by atoms with Crippen LogP contribution >= 0.6 is 27.5 Å². The number of halogens is 2. The molecule has 1 atom stereocenters. The van der Waals surface area contributed by atoms with Gasteiger partial charge in [-0.3, -0.25) is 0 Å². The van der Waals surface area contributed by atoms with Crippen LogP contribution in [0.3, 0.4) is 0 Å². The summed E-state index contributed by atoms with van der Waals surface area (Å²) in [5, 5.41) is 9.77. The van der Waals surface area contributed by atoms with Crippen LogP contribution in [-0.2, 0) is 0 Å². The predicted octanol–water partition coefficient (Wildman–Crippen LogP) is 3.12. The van der Waals surface area contributed by atoms with E-state index in [1.807, 2.05) is 18.2 Å². The lowest BCUT2D eigenvalue weighted by molar-refractivity contribution is 0.170. The molecule has 0 fully saturated rings. The van der Waals surface area contributed by atoms with Gasteiger partial charge < -0.3 is 9.84 Å². The number of aliphatic hydroxyl groups excluding tert-OH is 1. The molecule has 2 nitrogen and oxygen atoms in total. The van der Waals surface area contributed by atoms with Gasteiger partial charge in [-0.25, -0.2) is 0 Å². The number of ether oxygens (including phenoxy) is 1. The van der Waals surface area contributed by atoms with Gasteiger partial charge in [0.1, 0.15) is 5.75 Å². The molecule has 0 heterocycles. The summed E-state index contributed by atoms with van der Waals surface area (Å²) in [6.45, 7) is 0. The molecule has 0 aliphatic heterocycles. The van der Waals surface area contributed by atoms with Crippen molar-refractivity contribution in [1.29, 1.82) is 0 Å². The third-order valence-electron chi connectivity index (χ3n) is 1.93. The standard InChI is InChI=1S/C10H12BrClO2/c1-14-10-3-2-7(11)6-8(10)9(13)4-5-12/h2-3,6,9,13H,4-5H2,1H3. The lowest BCUT2D eigenvalue weighted by Gasteiger charge is -2.13. The highest BCUT2D eigenvalue weighted by Crippen LogP contribution is 2.30. The first-order chi connectivity index (χ1) is 6.69. The zero-order valence-electron chi connectivity index (χ0n) is 7.84. The Morgan fingerprint density at radius 3 is 2.86 bits per heavy atom. The number of benzene rings is 1. The van der Waals surface area contributed by atoms with Gasteiger partial charge in [-0.05, 0) is 24.6 Å². The minimum Gasteiger partial charge on any atom is -0.496 e. The smallest absolute Gasteiger partial charge is 0.124 e. The molecule has 1 unspecified atom stereocenters. The van der Waals surface area contributed by atoms with Gasteiger partial charge in [0.25, 0.3) is 0 Å².